The Labute approximate surface area is 138 Å². The molecule has 0 saturated carbocycles. The molecule has 0 saturated heterocycles. The second kappa shape index (κ2) is 7.36. The quantitative estimate of drug-likeness (QED) is 0.651. The number of benzene rings is 2. The van der Waals surface area contributed by atoms with E-state index in [1.807, 2.05) is 6.07 Å². The Morgan fingerprint density at radius 3 is 2.50 bits per heavy atom. The Morgan fingerprint density at radius 2 is 1.83 bits per heavy atom. The van der Waals surface area contributed by atoms with Crippen molar-refractivity contribution in [3.8, 4) is 0 Å². The zero-order valence-electron chi connectivity index (χ0n) is 13.3. The van der Waals surface area contributed by atoms with Gasteiger partial charge >= 0.3 is 0 Å². The van der Waals surface area contributed by atoms with Crippen molar-refractivity contribution in [3.63, 3.8) is 0 Å². The number of carbonyl (C=O) groups is 2. The molecule has 0 bridgehead atoms. The van der Waals surface area contributed by atoms with E-state index in [2.05, 4.69) is 10.6 Å². The summed E-state index contributed by atoms with van der Waals surface area (Å²) >= 11 is 0. The van der Waals surface area contributed by atoms with Crippen LogP contribution in [-0.4, -0.2) is 16.7 Å². The van der Waals surface area contributed by atoms with Crippen LogP contribution in [-0.2, 0) is 4.79 Å². The summed E-state index contributed by atoms with van der Waals surface area (Å²) in [6.07, 6.45) is 0. The molecule has 0 aliphatic rings. The molecule has 1 unspecified atom stereocenters. The van der Waals surface area contributed by atoms with Crippen molar-refractivity contribution in [2.45, 2.75) is 19.9 Å². The van der Waals surface area contributed by atoms with Gasteiger partial charge in [-0.25, -0.2) is 0 Å². The second-order valence-corrected chi connectivity index (χ2v) is 5.31. The Bertz CT molecular complexity index is 789. The molecule has 0 spiro atoms. The van der Waals surface area contributed by atoms with Gasteiger partial charge in [-0.2, -0.15) is 0 Å². The highest BCUT2D eigenvalue weighted by Crippen LogP contribution is 2.19. The normalized spacial score (nSPS) is 11.4. The molecular formula is C17H17N3O4. The van der Waals surface area contributed by atoms with Gasteiger partial charge in [0.1, 0.15) is 0 Å². The first-order valence-electron chi connectivity index (χ1n) is 7.29. The third kappa shape index (κ3) is 4.39. The molecule has 0 radical (unpaired) electrons. The number of rotatable bonds is 5. The smallest absolute Gasteiger partial charge is 0.270 e. The van der Waals surface area contributed by atoms with Crippen molar-refractivity contribution >= 4 is 23.2 Å². The maximum atomic E-state index is 12.3. The minimum Gasteiger partial charge on any atom is -0.346 e. The van der Waals surface area contributed by atoms with Crippen LogP contribution in [0.4, 0.5) is 11.4 Å². The van der Waals surface area contributed by atoms with Gasteiger partial charge in [-0.1, -0.05) is 18.2 Å². The number of hydrogen-bond acceptors (Lipinski definition) is 4. The van der Waals surface area contributed by atoms with E-state index in [1.54, 1.807) is 25.1 Å². The van der Waals surface area contributed by atoms with Gasteiger partial charge < -0.3 is 10.6 Å². The van der Waals surface area contributed by atoms with E-state index in [9.17, 15) is 19.7 Å². The molecule has 7 heteroatoms. The minimum atomic E-state index is -0.545. The maximum absolute atomic E-state index is 12.3. The molecule has 0 aliphatic carbocycles. The Hall–Kier alpha value is -3.22. The predicted molar refractivity (Wildman–Crippen MR) is 89.7 cm³/mol. The molecule has 7 nitrogen and oxygen atoms in total. The molecule has 2 rings (SSSR count). The molecule has 0 aliphatic heterocycles. The van der Waals surface area contributed by atoms with E-state index in [0.717, 1.165) is 5.56 Å². The van der Waals surface area contributed by atoms with Crippen LogP contribution in [0.5, 0.6) is 0 Å². The first-order chi connectivity index (χ1) is 11.4. The predicted octanol–water partition coefficient (Wildman–Crippen LogP) is 3.04. The first-order valence-corrected chi connectivity index (χ1v) is 7.29. The summed E-state index contributed by atoms with van der Waals surface area (Å²) in [6, 6.07) is 12.3. The summed E-state index contributed by atoms with van der Waals surface area (Å²) in [4.78, 5) is 33.6. The first kappa shape index (κ1) is 17.1. The van der Waals surface area contributed by atoms with E-state index >= 15 is 0 Å². The van der Waals surface area contributed by atoms with E-state index in [4.69, 9.17) is 0 Å². The van der Waals surface area contributed by atoms with Crippen LogP contribution in [0.1, 0.15) is 35.8 Å². The van der Waals surface area contributed by atoms with Gasteiger partial charge in [0, 0.05) is 30.3 Å². The van der Waals surface area contributed by atoms with Crippen molar-refractivity contribution in [2.75, 3.05) is 5.32 Å². The fourth-order valence-electron chi connectivity index (χ4n) is 2.21. The lowest BCUT2D eigenvalue weighted by molar-refractivity contribution is -0.384. The third-order valence-electron chi connectivity index (χ3n) is 3.37. The van der Waals surface area contributed by atoms with Crippen molar-refractivity contribution in [2.24, 2.45) is 0 Å². The Kier molecular flexibility index (Phi) is 5.26. The van der Waals surface area contributed by atoms with Crippen LogP contribution in [0.15, 0.2) is 48.5 Å². The number of hydrogen-bond donors (Lipinski definition) is 2. The third-order valence-corrected chi connectivity index (χ3v) is 3.37. The monoisotopic (exact) mass is 327 g/mol. The molecule has 2 amide bonds. The largest absolute Gasteiger partial charge is 0.346 e. The standard InChI is InChI=1S/C17H17N3O4/c1-11(13-5-3-7-15(9-13)19-12(2)21)18-17(22)14-6-4-8-16(10-14)20(23)24/h3-11H,1-2H3,(H,18,22)(H,19,21). The van der Waals surface area contributed by atoms with Gasteiger partial charge in [0.2, 0.25) is 5.91 Å². The van der Waals surface area contributed by atoms with Crippen molar-refractivity contribution in [1.29, 1.82) is 0 Å². The summed E-state index contributed by atoms with van der Waals surface area (Å²) < 4.78 is 0. The average molecular weight is 327 g/mol. The lowest BCUT2D eigenvalue weighted by Gasteiger charge is -2.15. The molecule has 124 valence electrons. The number of nitro benzene ring substituents is 1. The maximum Gasteiger partial charge on any atom is 0.270 e. The van der Waals surface area contributed by atoms with Gasteiger partial charge in [0.05, 0.1) is 11.0 Å². The second-order valence-electron chi connectivity index (χ2n) is 5.31. The van der Waals surface area contributed by atoms with Gasteiger partial charge in [-0.15, -0.1) is 0 Å². The van der Waals surface area contributed by atoms with Gasteiger partial charge in [-0.05, 0) is 30.7 Å². The number of amides is 2. The van der Waals surface area contributed by atoms with Crippen LogP contribution in [0.25, 0.3) is 0 Å². The number of carbonyl (C=O) groups excluding carboxylic acids is 2. The highest BCUT2D eigenvalue weighted by molar-refractivity contribution is 5.95. The van der Waals surface area contributed by atoms with Gasteiger partial charge in [-0.3, -0.25) is 19.7 Å². The van der Waals surface area contributed by atoms with Gasteiger partial charge in [0.15, 0.2) is 0 Å². The van der Waals surface area contributed by atoms with Crippen molar-refractivity contribution in [3.05, 3.63) is 69.8 Å². The number of non-ortho nitro benzene ring substituents is 1. The molecule has 2 N–H and O–H groups in total. The summed E-state index contributed by atoms with van der Waals surface area (Å²) in [7, 11) is 0. The molecule has 2 aromatic rings. The fraction of sp³-hybridized carbons (Fsp3) is 0.176. The van der Waals surface area contributed by atoms with Crippen LogP contribution in [0.2, 0.25) is 0 Å². The summed E-state index contributed by atoms with van der Waals surface area (Å²) in [5, 5.41) is 16.2. The van der Waals surface area contributed by atoms with E-state index in [0.29, 0.717) is 5.69 Å². The zero-order valence-corrected chi connectivity index (χ0v) is 13.3. The van der Waals surface area contributed by atoms with E-state index < -0.39 is 10.8 Å². The van der Waals surface area contributed by atoms with Crippen LogP contribution >= 0.6 is 0 Å². The lowest BCUT2D eigenvalue weighted by atomic mass is 10.1. The minimum absolute atomic E-state index is 0.136. The summed E-state index contributed by atoms with van der Waals surface area (Å²) in [6.45, 7) is 3.21. The van der Waals surface area contributed by atoms with Crippen molar-refractivity contribution in [1.82, 2.24) is 5.32 Å². The molecule has 0 heterocycles. The zero-order chi connectivity index (χ0) is 17.7. The number of anilines is 1. The highest BCUT2D eigenvalue weighted by Gasteiger charge is 2.15. The molecular weight excluding hydrogens is 310 g/mol. The molecule has 2 aromatic carbocycles. The lowest BCUT2D eigenvalue weighted by Crippen LogP contribution is -2.26. The summed E-state index contributed by atoms with van der Waals surface area (Å²) in [5.41, 5.74) is 1.52. The SMILES string of the molecule is CC(=O)Nc1cccc(C(C)NC(=O)c2cccc([N+](=O)[O-])c2)c1. The van der Waals surface area contributed by atoms with Crippen LogP contribution < -0.4 is 10.6 Å². The highest BCUT2D eigenvalue weighted by atomic mass is 16.6. The molecule has 1 atom stereocenters. The number of nitrogens with one attached hydrogen (secondary N) is 2. The Balaban J connectivity index is 2.13. The topological polar surface area (TPSA) is 101 Å². The molecule has 24 heavy (non-hydrogen) atoms. The molecule has 0 aromatic heterocycles. The van der Waals surface area contributed by atoms with Crippen LogP contribution in [0.3, 0.4) is 0 Å². The average Bonchev–Trinajstić information content (AvgIpc) is 2.54. The number of nitrogens with zero attached hydrogens (tertiary/aromatic N) is 1. The molecule has 0 fully saturated rings. The van der Waals surface area contributed by atoms with E-state index in [-0.39, 0.29) is 23.2 Å². The summed E-state index contributed by atoms with van der Waals surface area (Å²) in [5.74, 6) is -0.587. The van der Waals surface area contributed by atoms with Crippen LogP contribution in [0, 0.1) is 10.1 Å². The fourth-order valence-corrected chi connectivity index (χ4v) is 2.21. The van der Waals surface area contributed by atoms with Crippen molar-refractivity contribution < 1.29 is 14.5 Å². The number of nitro groups is 1. The Morgan fingerprint density at radius 1 is 1.12 bits per heavy atom. The van der Waals surface area contributed by atoms with Gasteiger partial charge in [0.25, 0.3) is 11.6 Å². The van der Waals surface area contributed by atoms with E-state index in [1.165, 1.54) is 31.2 Å².